The summed E-state index contributed by atoms with van der Waals surface area (Å²) in [6.45, 7) is 1.07. The molecule has 11 nitrogen and oxygen atoms in total. The third-order valence-electron chi connectivity index (χ3n) is 7.69. The number of hydrogen-bond acceptors (Lipinski definition) is 6. The summed E-state index contributed by atoms with van der Waals surface area (Å²) in [6, 6.07) is 14.3. The summed E-state index contributed by atoms with van der Waals surface area (Å²) in [4.78, 5) is 42.2. The van der Waals surface area contributed by atoms with Crippen LogP contribution in [0, 0.1) is 11.3 Å². The van der Waals surface area contributed by atoms with Crippen molar-refractivity contribution >= 4 is 11.9 Å². The number of carbonyl (C=O) groups excluding carboxylic acids is 2. The van der Waals surface area contributed by atoms with E-state index in [0.29, 0.717) is 53.9 Å². The minimum Gasteiger partial charge on any atom is -0.458 e. The molecule has 0 radical (unpaired) electrons. The van der Waals surface area contributed by atoms with E-state index in [1.807, 2.05) is 27.2 Å². The Kier molecular flexibility index (Phi) is 8.64. The highest BCUT2D eigenvalue weighted by molar-refractivity contribution is 5.96. The van der Waals surface area contributed by atoms with Crippen molar-refractivity contribution in [2.24, 2.45) is 7.05 Å². The minimum absolute atomic E-state index is 0.0114. The lowest BCUT2D eigenvalue weighted by Crippen LogP contribution is -2.49. The number of likely N-dealkylation sites (tertiary alicyclic amines) is 1. The van der Waals surface area contributed by atoms with Gasteiger partial charge in [-0.3, -0.25) is 14.3 Å². The lowest BCUT2D eigenvalue weighted by molar-refractivity contribution is -0.862. The van der Waals surface area contributed by atoms with Crippen LogP contribution in [0.25, 0.3) is 22.8 Å². The van der Waals surface area contributed by atoms with Crippen LogP contribution in [0.4, 0.5) is 13.2 Å². The summed E-state index contributed by atoms with van der Waals surface area (Å²) in [5, 5.41) is 13.6. The molecule has 0 unspecified atom stereocenters. The van der Waals surface area contributed by atoms with Gasteiger partial charge in [0.05, 0.1) is 61.6 Å². The van der Waals surface area contributed by atoms with Crippen molar-refractivity contribution in [1.29, 1.82) is 5.26 Å². The smallest absolute Gasteiger partial charge is 0.416 e. The summed E-state index contributed by atoms with van der Waals surface area (Å²) >= 11 is 0. The average molecular weight is 637 g/mol. The molecule has 3 heterocycles. The third-order valence-corrected chi connectivity index (χ3v) is 7.69. The number of aromatic nitrogens is 4. The highest BCUT2D eigenvalue weighted by atomic mass is 19.4. The SMILES string of the molecule is Cn1c(-c2ccnn2-c2ccc(C#N)cc2)c(C(=O)OC2CCN(C(=O)C[N+](C)(C)C)CC2)c(=O)n1-c1cccc(C(F)(F)F)c1. The molecule has 1 fully saturated rings. The predicted molar refractivity (Wildman–Crippen MR) is 161 cm³/mol. The largest absolute Gasteiger partial charge is 0.458 e. The second kappa shape index (κ2) is 12.3. The number of amides is 1. The molecular formula is C32H33F3N7O4+. The topological polar surface area (TPSA) is 115 Å². The Hall–Kier alpha value is -5.16. The molecule has 0 bridgehead atoms. The normalized spacial score (nSPS) is 14.3. The zero-order valence-corrected chi connectivity index (χ0v) is 25.8. The molecule has 46 heavy (non-hydrogen) atoms. The van der Waals surface area contributed by atoms with Crippen molar-refractivity contribution in [3.05, 3.63) is 87.8 Å². The molecule has 1 aliphatic rings. The van der Waals surface area contributed by atoms with E-state index in [1.165, 1.54) is 34.7 Å². The van der Waals surface area contributed by atoms with E-state index in [1.54, 1.807) is 35.2 Å². The van der Waals surface area contributed by atoms with Gasteiger partial charge in [0.15, 0.2) is 12.1 Å². The number of ether oxygens (including phenoxy) is 1. The first-order valence-electron chi connectivity index (χ1n) is 14.5. The van der Waals surface area contributed by atoms with Crippen LogP contribution in [-0.2, 0) is 22.8 Å². The van der Waals surface area contributed by atoms with Crippen LogP contribution in [0.1, 0.15) is 34.3 Å². The maximum Gasteiger partial charge on any atom is 0.416 e. The molecule has 1 saturated heterocycles. The zero-order chi connectivity index (χ0) is 33.4. The fourth-order valence-electron chi connectivity index (χ4n) is 5.49. The van der Waals surface area contributed by atoms with E-state index < -0.39 is 29.4 Å². The van der Waals surface area contributed by atoms with E-state index in [2.05, 4.69) is 5.10 Å². The maximum atomic E-state index is 14.0. The van der Waals surface area contributed by atoms with Gasteiger partial charge < -0.3 is 14.1 Å². The number of halogens is 3. The van der Waals surface area contributed by atoms with Crippen molar-refractivity contribution < 1.29 is 32.0 Å². The number of carbonyl (C=O) groups is 2. The van der Waals surface area contributed by atoms with Gasteiger partial charge in [0.2, 0.25) is 0 Å². The van der Waals surface area contributed by atoms with Crippen molar-refractivity contribution in [1.82, 2.24) is 24.0 Å². The zero-order valence-electron chi connectivity index (χ0n) is 25.8. The third kappa shape index (κ3) is 6.59. The van der Waals surface area contributed by atoms with Crippen LogP contribution in [0.5, 0.6) is 0 Å². The van der Waals surface area contributed by atoms with Gasteiger partial charge in [-0.2, -0.15) is 23.5 Å². The van der Waals surface area contributed by atoms with E-state index in [9.17, 15) is 32.8 Å². The first-order chi connectivity index (χ1) is 21.7. The van der Waals surface area contributed by atoms with Gasteiger partial charge in [0, 0.05) is 33.0 Å². The Morgan fingerprint density at radius 3 is 2.33 bits per heavy atom. The van der Waals surface area contributed by atoms with Crippen LogP contribution in [0.2, 0.25) is 0 Å². The van der Waals surface area contributed by atoms with Crippen LogP contribution >= 0.6 is 0 Å². The van der Waals surface area contributed by atoms with Gasteiger partial charge in [0.25, 0.3) is 11.5 Å². The van der Waals surface area contributed by atoms with Gasteiger partial charge in [-0.25, -0.2) is 14.2 Å². The standard InChI is InChI=1S/C32H33F3N7O4/c1-38-29(26-12-15-37-40(26)23-10-8-21(19-36)9-11-23)28(30(44)41(38)24-7-5-6-22(18-24)32(33,34)35)31(45)46-25-13-16-39(17-14-25)27(43)20-42(2,3)4/h5-12,15,18,25H,13-14,16-17,20H2,1-4H3/q+1. The second-order valence-electron chi connectivity index (χ2n) is 12.1. The quantitative estimate of drug-likeness (QED) is 0.225. The Labute approximate surface area is 262 Å². The first-order valence-corrected chi connectivity index (χ1v) is 14.5. The van der Waals surface area contributed by atoms with Crippen molar-refractivity contribution in [3.8, 4) is 28.8 Å². The van der Waals surface area contributed by atoms with Gasteiger partial charge in [-0.05, 0) is 48.5 Å². The maximum absolute atomic E-state index is 14.0. The van der Waals surface area contributed by atoms with Gasteiger partial charge in [-0.15, -0.1) is 0 Å². The molecule has 1 aliphatic heterocycles. The fraction of sp³-hybridized carbons (Fsp3) is 0.344. The molecule has 0 aliphatic carbocycles. The highest BCUT2D eigenvalue weighted by Crippen LogP contribution is 2.32. The number of likely N-dealkylation sites (N-methyl/N-ethyl adjacent to an activating group) is 1. The monoisotopic (exact) mass is 636 g/mol. The molecule has 14 heteroatoms. The number of piperidine rings is 1. The van der Waals surface area contributed by atoms with Crippen LogP contribution in [0.3, 0.4) is 0 Å². The van der Waals surface area contributed by atoms with Gasteiger partial charge in [-0.1, -0.05) is 6.07 Å². The molecule has 1 amide bonds. The fourth-order valence-corrected chi connectivity index (χ4v) is 5.49. The molecular weight excluding hydrogens is 603 g/mol. The predicted octanol–water partition coefficient (Wildman–Crippen LogP) is 3.77. The van der Waals surface area contributed by atoms with Crippen LogP contribution in [-0.4, -0.2) is 87.3 Å². The van der Waals surface area contributed by atoms with Crippen molar-refractivity contribution in [2.45, 2.75) is 25.1 Å². The second-order valence-corrected chi connectivity index (χ2v) is 12.1. The number of esters is 1. The number of benzene rings is 2. The summed E-state index contributed by atoms with van der Waals surface area (Å²) in [6.07, 6.45) is -3.06. The molecule has 2 aromatic heterocycles. The minimum atomic E-state index is -4.66. The average Bonchev–Trinajstić information content (AvgIpc) is 3.58. The summed E-state index contributed by atoms with van der Waals surface area (Å²) < 4.78 is 50.9. The summed E-state index contributed by atoms with van der Waals surface area (Å²) in [5.74, 6) is -0.951. The van der Waals surface area contributed by atoms with E-state index >= 15 is 0 Å². The Morgan fingerprint density at radius 1 is 1.04 bits per heavy atom. The van der Waals surface area contributed by atoms with E-state index in [-0.39, 0.29) is 22.9 Å². The van der Waals surface area contributed by atoms with Gasteiger partial charge in [0.1, 0.15) is 11.8 Å². The summed E-state index contributed by atoms with van der Waals surface area (Å²) in [5.41, 5.74) is -1.01. The molecule has 240 valence electrons. The Balaban J connectivity index is 1.54. The van der Waals surface area contributed by atoms with Crippen LogP contribution < -0.4 is 5.56 Å². The number of alkyl halides is 3. The Bertz CT molecular complexity index is 1870. The molecule has 0 saturated carbocycles. The summed E-state index contributed by atoms with van der Waals surface area (Å²) in [7, 11) is 7.22. The number of rotatable bonds is 7. The number of nitrogens with zero attached hydrogens (tertiary/aromatic N) is 7. The lowest BCUT2D eigenvalue weighted by Gasteiger charge is -2.33. The number of nitriles is 1. The van der Waals surface area contributed by atoms with Crippen molar-refractivity contribution in [3.63, 3.8) is 0 Å². The molecule has 0 spiro atoms. The number of hydrogen-bond donors (Lipinski definition) is 0. The lowest BCUT2D eigenvalue weighted by atomic mass is 10.1. The molecule has 0 atom stereocenters. The first kappa shape index (κ1) is 32.2. The van der Waals surface area contributed by atoms with Crippen molar-refractivity contribution in [2.75, 3.05) is 40.8 Å². The molecule has 2 aromatic carbocycles. The molecule has 5 rings (SSSR count). The number of quaternary nitrogens is 1. The van der Waals surface area contributed by atoms with Gasteiger partial charge >= 0.3 is 12.1 Å². The Morgan fingerprint density at radius 2 is 1.72 bits per heavy atom. The molecule has 0 N–H and O–H groups in total. The van der Waals surface area contributed by atoms with E-state index in [0.717, 1.165) is 16.8 Å². The molecule has 4 aromatic rings. The van der Waals surface area contributed by atoms with E-state index in [4.69, 9.17) is 4.74 Å². The van der Waals surface area contributed by atoms with Crippen LogP contribution in [0.15, 0.2) is 65.6 Å². The highest BCUT2D eigenvalue weighted by Gasteiger charge is 2.34.